The minimum atomic E-state index is 0.419. The third-order valence-corrected chi connectivity index (χ3v) is 4.07. The molecule has 17 heavy (non-hydrogen) atoms. The van der Waals surface area contributed by atoms with E-state index in [1.54, 1.807) is 0 Å². The first-order chi connectivity index (χ1) is 8.04. The lowest BCUT2D eigenvalue weighted by molar-refractivity contribution is 0.493. The van der Waals surface area contributed by atoms with Crippen molar-refractivity contribution in [2.45, 2.75) is 39.5 Å². The van der Waals surface area contributed by atoms with Crippen LogP contribution < -0.4 is 5.32 Å². The smallest absolute Gasteiger partial charge is 0.0106 e. The summed E-state index contributed by atoms with van der Waals surface area (Å²) >= 11 is 0. The van der Waals surface area contributed by atoms with Crippen molar-refractivity contribution in [3.05, 3.63) is 35.4 Å². The molecule has 0 heterocycles. The Bertz CT molecular complexity index is 366. The molecule has 0 saturated heterocycles. The molecule has 94 valence electrons. The first-order valence-electron chi connectivity index (χ1n) is 6.82. The Balaban J connectivity index is 2.02. The van der Waals surface area contributed by atoms with E-state index in [4.69, 9.17) is 0 Å². The van der Waals surface area contributed by atoms with E-state index in [-0.39, 0.29) is 0 Å². The molecule has 1 aromatic rings. The van der Waals surface area contributed by atoms with Crippen LogP contribution in [0.5, 0.6) is 0 Å². The highest BCUT2D eigenvalue weighted by molar-refractivity contribution is 5.35. The molecular weight excluding hydrogens is 206 g/mol. The van der Waals surface area contributed by atoms with Gasteiger partial charge in [0.2, 0.25) is 0 Å². The van der Waals surface area contributed by atoms with Crippen molar-refractivity contribution in [3.8, 4) is 0 Å². The van der Waals surface area contributed by atoms with Gasteiger partial charge in [0.15, 0.2) is 0 Å². The van der Waals surface area contributed by atoms with Gasteiger partial charge in [0, 0.05) is 12.0 Å². The summed E-state index contributed by atoms with van der Waals surface area (Å²) in [6, 6.07) is 9.11. The van der Waals surface area contributed by atoms with Gasteiger partial charge in [-0.15, -0.1) is 0 Å². The fraction of sp³-hybridized carbons (Fsp3) is 0.625. The van der Waals surface area contributed by atoms with Crippen LogP contribution in [0.25, 0.3) is 0 Å². The zero-order chi connectivity index (χ0) is 12.5. The van der Waals surface area contributed by atoms with Gasteiger partial charge in [0.25, 0.3) is 0 Å². The molecule has 1 saturated carbocycles. The van der Waals surface area contributed by atoms with Gasteiger partial charge in [0.1, 0.15) is 0 Å². The van der Waals surface area contributed by atoms with Crippen molar-refractivity contribution in [2.75, 3.05) is 13.1 Å². The van der Waals surface area contributed by atoms with Crippen molar-refractivity contribution in [1.29, 1.82) is 0 Å². The summed E-state index contributed by atoms with van der Waals surface area (Å²) in [7, 11) is 0. The predicted molar refractivity (Wildman–Crippen MR) is 74.3 cm³/mol. The van der Waals surface area contributed by atoms with Gasteiger partial charge in [-0.1, -0.05) is 50.6 Å². The van der Waals surface area contributed by atoms with E-state index in [1.807, 2.05) is 0 Å². The number of aryl methyl sites for hydroxylation is 1. The van der Waals surface area contributed by atoms with Gasteiger partial charge in [-0.3, -0.25) is 0 Å². The van der Waals surface area contributed by atoms with Crippen LogP contribution in [0, 0.1) is 18.8 Å². The van der Waals surface area contributed by atoms with Crippen LogP contribution in [-0.2, 0) is 5.41 Å². The van der Waals surface area contributed by atoms with Crippen LogP contribution in [-0.4, -0.2) is 13.1 Å². The molecule has 2 rings (SSSR count). The number of hydrogen-bond donors (Lipinski definition) is 1. The largest absolute Gasteiger partial charge is 0.316 e. The van der Waals surface area contributed by atoms with Gasteiger partial charge in [-0.25, -0.2) is 0 Å². The van der Waals surface area contributed by atoms with E-state index in [2.05, 4.69) is 57.3 Å². The predicted octanol–water partition coefficient (Wildman–Crippen LogP) is 3.52. The molecule has 0 aromatic heterocycles. The molecule has 0 spiro atoms. The summed E-state index contributed by atoms with van der Waals surface area (Å²) in [6.45, 7) is 11.3. The zero-order valence-corrected chi connectivity index (χ0v) is 11.6. The molecule has 1 aliphatic rings. The molecule has 1 N–H and O–H groups in total. The molecule has 1 fully saturated rings. The van der Waals surface area contributed by atoms with E-state index >= 15 is 0 Å². The SMILES string of the molecule is Cc1ccc(C2(CNCC(C)C)CC2C)cc1. The third kappa shape index (κ3) is 2.71. The molecule has 1 aromatic carbocycles. The molecule has 1 heteroatoms. The summed E-state index contributed by atoms with van der Waals surface area (Å²) in [4.78, 5) is 0. The van der Waals surface area contributed by atoms with Crippen LogP contribution in [0.3, 0.4) is 0 Å². The molecule has 0 aliphatic heterocycles. The van der Waals surface area contributed by atoms with Crippen molar-refractivity contribution in [2.24, 2.45) is 11.8 Å². The van der Waals surface area contributed by atoms with Crippen molar-refractivity contribution >= 4 is 0 Å². The minimum absolute atomic E-state index is 0.419. The molecule has 0 radical (unpaired) electrons. The average molecular weight is 231 g/mol. The molecule has 2 unspecified atom stereocenters. The third-order valence-electron chi connectivity index (χ3n) is 4.07. The fourth-order valence-corrected chi connectivity index (χ4v) is 2.71. The lowest BCUT2D eigenvalue weighted by Gasteiger charge is -2.19. The Morgan fingerprint density at radius 2 is 1.88 bits per heavy atom. The monoisotopic (exact) mass is 231 g/mol. The van der Waals surface area contributed by atoms with Crippen molar-refractivity contribution in [1.82, 2.24) is 5.32 Å². The topological polar surface area (TPSA) is 12.0 Å². The maximum absolute atomic E-state index is 3.63. The average Bonchev–Trinajstić information content (AvgIpc) is 2.91. The Kier molecular flexibility index (Phi) is 3.58. The first kappa shape index (κ1) is 12.6. The van der Waals surface area contributed by atoms with Crippen molar-refractivity contribution in [3.63, 3.8) is 0 Å². The summed E-state index contributed by atoms with van der Waals surface area (Å²) in [5.74, 6) is 1.56. The molecular formula is C16H25N. The lowest BCUT2D eigenvalue weighted by Crippen LogP contribution is -2.30. The Morgan fingerprint density at radius 1 is 1.29 bits per heavy atom. The van der Waals surface area contributed by atoms with Crippen LogP contribution in [0.4, 0.5) is 0 Å². The van der Waals surface area contributed by atoms with Gasteiger partial charge >= 0.3 is 0 Å². The lowest BCUT2D eigenvalue weighted by atomic mass is 9.92. The first-order valence-corrected chi connectivity index (χ1v) is 6.82. The quantitative estimate of drug-likeness (QED) is 0.817. The van der Waals surface area contributed by atoms with E-state index in [0.717, 1.165) is 24.9 Å². The molecule has 0 amide bonds. The second-order valence-corrected chi connectivity index (χ2v) is 6.15. The maximum atomic E-state index is 3.63. The number of benzene rings is 1. The van der Waals surface area contributed by atoms with E-state index in [1.165, 1.54) is 17.5 Å². The fourth-order valence-electron chi connectivity index (χ4n) is 2.71. The highest BCUT2D eigenvalue weighted by atomic mass is 14.9. The van der Waals surface area contributed by atoms with Gasteiger partial charge in [-0.2, -0.15) is 0 Å². The van der Waals surface area contributed by atoms with Gasteiger partial charge in [-0.05, 0) is 37.3 Å². The number of nitrogens with one attached hydrogen (secondary N) is 1. The summed E-state index contributed by atoms with van der Waals surface area (Å²) in [6.07, 6.45) is 1.33. The Morgan fingerprint density at radius 3 is 2.35 bits per heavy atom. The molecule has 1 nitrogen and oxygen atoms in total. The Hall–Kier alpha value is -0.820. The molecule has 1 aliphatic carbocycles. The second kappa shape index (κ2) is 4.81. The van der Waals surface area contributed by atoms with Crippen molar-refractivity contribution < 1.29 is 0 Å². The van der Waals surface area contributed by atoms with Gasteiger partial charge < -0.3 is 5.32 Å². The summed E-state index contributed by atoms with van der Waals surface area (Å²) < 4.78 is 0. The van der Waals surface area contributed by atoms with E-state index < -0.39 is 0 Å². The van der Waals surface area contributed by atoms with Crippen LogP contribution in [0.15, 0.2) is 24.3 Å². The summed E-state index contributed by atoms with van der Waals surface area (Å²) in [5.41, 5.74) is 3.29. The summed E-state index contributed by atoms with van der Waals surface area (Å²) in [5, 5.41) is 3.63. The number of hydrogen-bond acceptors (Lipinski definition) is 1. The highest BCUT2D eigenvalue weighted by Crippen LogP contribution is 2.53. The standard InChI is InChI=1S/C16H25N/c1-12(2)10-17-11-16(9-14(16)4)15-7-5-13(3)6-8-15/h5-8,12,14,17H,9-11H2,1-4H3. The molecule has 2 atom stereocenters. The maximum Gasteiger partial charge on any atom is 0.0106 e. The zero-order valence-electron chi connectivity index (χ0n) is 11.6. The van der Waals surface area contributed by atoms with E-state index in [0.29, 0.717) is 5.41 Å². The second-order valence-electron chi connectivity index (χ2n) is 6.15. The number of rotatable bonds is 5. The van der Waals surface area contributed by atoms with E-state index in [9.17, 15) is 0 Å². The highest BCUT2D eigenvalue weighted by Gasteiger charge is 2.51. The van der Waals surface area contributed by atoms with Crippen LogP contribution in [0.2, 0.25) is 0 Å². The van der Waals surface area contributed by atoms with Crippen LogP contribution >= 0.6 is 0 Å². The molecule has 0 bridgehead atoms. The van der Waals surface area contributed by atoms with Gasteiger partial charge in [0.05, 0.1) is 0 Å². The Labute approximate surface area is 106 Å². The minimum Gasteiger partial charge on any atom is -0.316 e. The normalized spacial score (nSPS) is 27.5. The van der Waals surface area contributed by atoms with Crippen LogP contribution in [0.1, 0.15) is 38.3 Å².